The van der Waals surface area contributed by atoms with E-state index in [1.54, 1.807) is 0 Å². The predicted octanol–water partition coefficient (Wildman–Crippen LogP) is 13.8. The van der Waals surface area contributed by atoms with E-state index in [-0.39, 0.29) is 0 Å². The second-order valence-electron chi connectivity index (χ2n) is 14.1. The number of hydrogen-bond acceptors (Lipinski definition) is 3. The first kappa shape index (κ1) is 32.9. The summed E-state index contributed by atoms with van der Waals surface area (Å²) in [5, 5.41) is 16.9. The Morgan fingerprint density at radius 2 is 0.804 bits per heavy atom. The van der Waals surface area contributed by atoms with Gasteiger partial charge in [-0.2, -0.15) is 5.26 Å². The van der Waals surface area contributed by atoms with Gasteiger partial charge in [0.25, 0.3) is 0 Å². The highest BCUT2D eigenvalue weighted by molar-refractivity contribution is 6.20. The third kappa shape index (κ3) is 6.06. The highest BCUT2D eigenvalue weighted by atomic mass is 14.9. The number of rotatable bonds is 6. The summed E-state index contributed by atoms with van der Waals surface area (Å²) < 4.78 is 0. The molecule has 0 spiro atoms. The van der Waals surface area contributed by atoms with Crippen LogP contribution in [0.3, 0.4) is 0 Å². The van der Waals surface area contributed by atoms with Crippen LogP contribution in [0, 0.1) is 11.3 Å². The summed E-state index contributed by atoms with van der Waals surface area (Å²) in [7, 11) is 0. The molecule has 0 saturated carbocycles. The Bertz CT molecular complexity index is 3090. The van der Waals surface area contributed by atoms with Gasteiger partial charge in [-0.15, -0.1) is 0 Å². The summed E-state index contributed by atoms with van der Waals surface area (Å²) in [6.45, 7) is 0. The maximum atomic E-state index is 9.30. The van der Waals surface area contributed by atoms with Gasteiger partial charge >= 0.3 is 0 Å². The monoisotopic (exact) mass is 711 g/mol. The summed E-state index contributed by atoms with van der Waals surface area (Å²) in [6, 6.07) is 72.4. The van der Waals surface area contributed by atoms with Crippen molar-refractivity contribution in [2.24, 2.45) is 0 Å². The van der Waals surface area contributed by atoms with E-state index in [0.29, 0.717) is 11.4 Å². The molecule has 0 atom stereocenters. The Labute approximate surface area is 325 Å². The van der Waals surface area contributed by atoms with E-state index >= 15 is 0 Å². The van der Waals surface area contributed by atoms with E-state index in [1.807, 2.05) is 60.7 Å². The highest BCUT2D eigenvalue weighted by Crippen LogP contribution is 2.40. The van der Waals surface area contributed by atoms with Crippen LogP contribution in [0.4, 0.5) is 0 Å². The standard InChI is InChI=1S/C53H33N3/c54-34-35-14-16-41(17-15-35)50-33-51(56-53(55-50)44-9-2-1-3-10-44)42-26-22-38(23-27-42)36-18-20-37(21-19-36)39-24-28-43(29-25-39)52-47-13-7-5-11-45(47)32-49-46-12-6-4-8-40(46)30-31-48(49)52/h1-33H. The van der Waals surface area contributed by atoms with Crippen LogP contribution in [0.5, 0.6) is 0 Å². The quantitative estimate of drug-likeness (QED) is 0.127. The molecule has 0 fully saturated rings. The first-order chi connectivity index (χ1) is 27.7. The molecule has 0 radical (unpaired) electrons. The average Bonchev–Trinajstić information content (AvgIpc) is 3.28. The van der Waals surface area contributed by atoms with Gasteiger partial charge in [0.1, 0.15) is 0 Å². The molecule has 56 heavy (non-hydrogen) atoms. The third-order valence-corrected chi connectivity index (χ3v) is 10.7. The number of hydrogen-bond donors (Lipinski definition) is 0. The number of benzene rings is 9. The van der Waals surface area contributed by atoms with Crippen molar-refractivity contribution in [2.75, 3.05) is 0 Å². The Morgan fingerprint density at radius 1 is 0.321 bits per heavy atom. The maximum Gasteiger partial charge on any atom is 0.160 e. The molecule has 0 saturated heterocycles. The molecule has 3 nitrogen and oxygen atoms in total. The van der Waals surface area contributed by atoms with Gasteiger partial charge in [-0.25, -0.2) is 9.97 Å². The van der Waals surface area contributed by atoms with Gasteiger partial charge in [0, 0.05) is 16.7 Å². The van der Waals surface area contributed by atoms with Crippen molar-refractivity contribution < 1.29 is 0 Å². The van der Waals surface area contributed by atoms with Crippen molar-refractivity contribution >= 4 is 32.3 Å². The van der Waals surface area contributed by atoms with Gasteiger partial charge in [0.2, 0.25) is 0 Å². The second-order valence-corrected chi connectivity index (χ2v) is 14.1. The molecule has 0 aliphatic heterocycles. The summed E-state index contributed by atoms with van der Waals surface area (Å²) >= 11 is 0. The first-order valence-corrected chi connectivity index (χ1v) is 18.8. The molecule has 9 aromatic carbocycles. The van der Waals surface area contributed by atoms with Gasteiger partial charge in [-0.3, -0.25) is 0 Å². The van der Waals surface area contributed by atoms with Gasteiger partial charge in [0.05, 0.1) is 23.0 Å². The van der Waals surface area contributed by atoms with Gasteiger partial charge < -0.3 is 0 Å². The van der Waals surface area contributed by atoms with Crippen LogP contribution in [0.1, 0.15) is 5.56 Å². The lowest BCUT2D eigenvalue weighted by Gasteiger charge is -2.14. The number of nitrogens with zero attached hydrogens (tertiary/aromatic N) is 3. The largest absolute Gasteiger partial charge is 0.228 e. The van der Waals surface area contributed by atoms with E-state index < -0.39 is 0 Å². The minimum Gasteiger partial charge on any atom is -0.228 e. The van der Waals surface area contributed by atoms with Gasteiger partial charge in [-0.05, 0) is 90.0 Å². The van der Waals surface area contributed by atoms with Crippen LogP contribution >= 0.6 is 0 Å². The van der Waals surface area contributed by atoms with Crippen LogP contribution < -0.4 is 0 Å². The van der Waals surface area contributed by atoms with E-state index in [2.05, 4.69) is 146 Å². The first-order valence-electron chi connectivity index (χ1n) is 18.8. The summed E-state index contributed by atoms with van der Waals surface area (Å²) in [5.41, 5.74) is 12.3. The SMILES string of the molecule is N#Cc1ccc(-c2cc(-c3ccc(-c4ccc(-c5ccc(-c6c7ccccc7cc7c6ccc6ccccc67)cc5)cc4)cc3)nc(-c3ccccc3)n2)cc1. The van der Waals surface area contributed by atoms with Gasteiger partial charge in [0.15, 0.2) is 5.82 Å². The fraction of sp³-hybridized carbons (Fsp3) is 0. The Hall–Kier alpha value is -7.67. The summed E-state index contributed by atoms with van der Waals surface area (Å²) in [6.07, 6.45) is 0. The fourth-order valence-corrected chi connectivity index (χ4v) is 7.82. The van der Waals surface area contributed by atoms with Crippen molar-refractivity contribution in [1.29, 1.82) is 5.26 Å². The fourth-order valence-electron chi connectivity index (χ4n) is 7.82. The predicted molar refractivity (Wildman–Crippen MR) is 232 cm³/mol. The van der Waals surface area contributed by atoms with Crippen molar-refractivity contribution in [1.82, 2.24) is 9.97 Å². The maximum absolute atomic E-state index is 9.30. The topological polar surface area (TPSA) is 49.6 Å². The van der Waals surface area contributed by atoms with Crippen molar-refractivity contribution in [3.8, 4) is 73.4 Å². The normalized spacial score (nSPS) is 11.2. The van der Waals surface area contributed by atoms with E-state index in [9.17, 15) is 5.26 Å². The molecule has 0 bridgehead atoms. The van der Waals surface area contributed by atoms with E-state index in [1.165, 1.54) is 54.6 Å². The zero-order valence-electron chi connectivity index (χ0n) is 30.4. The molecule has 1 heterocycles. The lowest BCUT2D eigenvalue weighted by atomic mass is 9.89. The Kier molecular flexibility index (Phi) is 8.21. The molecule has 10 rings (SSSR count). The van der Waals surface area contributed by atoms with Crippen molar-refractivity contribution in [3.63, 3.8) is 0 Å². The van der Waals surface area contributed by atoms with E-state index in [4.69, 9.17) is 9.97 Å². The van der Waals surface area contributed by atoms with Crippen LogP contribution in [-0.4, -0.2) is 9.97 Å². The third-order valence-electron chi connectivity index (χ3n) is 10.7. The lowest BCUT2D eigenvalue weighted by molar-refractivity contribution is 1.18. The van der Waals surface area contributed by atoms with E-state index in [0.717, 1.165) is 39.2 Å². The van der Waals surface area contributed by atoms with Crippen molar-refractivity contribution in [2.45, 2.75) is 0 Å². The second kappa shape index (κ2) is 14.0. The highest BCUT2D eigenvalue weighted by Gasteiger charge is 2.14. The lowest BCUT2D eigenvalue weighted by Crippen LogP contribution is -1.96. The van der Waals surface area contributed by atoms with Crippen LogP contribution in [0.25, 0.3) is 99.6 Å². The van der Waals surface area contributed by atoms with Crippen LogP contribution in [0.15, 0.2) is 200 Å². The zero-order chi connectivity index (χ0) is 37.4. The molecule has 0 amide bonds. The minimum atomic E-state index is 0.618. The molecule has 10 aromatic rings. The number of nitriles is 1. The van der Waals surface area contributed by atoms with Crippen LogP contribution in [-0.2, 0) is 0 Å². The smallest absolute Gasteiger partial charge is 0.160 e. The molecule has 3 heteroatoms. The Morgan fingerprint density at radius 3 is 1.39 bits per heavy atom. The van der Waals surface area contributed by atoms with Crippen molar-refractivity contribution in [3.05, 3.63) is 206 Å². The molecule has 0 aliphatic carbocycles. The van der Waals surface area contributed by atoms with Crippen LogP contribution in [0.2, 0.25) is 0 Å². The molecule has 0 unspecified atom stereocenters. The molecular weight excluding hydrogens is 679 g/mol. The Balaban J connectivity index is 0.942. The summed E-state index contributed by atoms with van der Waals surface area (Å²) in [5.74, 6) is 0.661. The molecular formula is C53H33N3. The molecule has 260 valence electrons. The minimum absolute atomic E-state index is 0.618. The number of fused-ring (bicyclic) bond motifs is 4. The zero-order valence-corrected chi connectivity index (χ0v) is 30.4. The molecule has 0 N–H and O–H groups in total. The molecule has 0 aliphatic rings. The number of aromatic nitrogens is 2. The molecule has 1 aromatic heterocycles. The van der Waals surface area contributed by atoms with Gasteiger partial charge in [-0.1, -0.05) is 176 Å². The summed E-state index contributed by atoms with van der Waals surface area (Å²) in [4.78, 5) is 9.90. The average molecular weight is 712 g/mol.